The minimum atomic E-state index is -0.195. The molecule has 0 aromatic heterocycles. The Morgan fingerprint density at radius 1 is 0.923 bits per heavy atom. The Balaban J connectivity index is 1.21. The van der Waals surface area contributed by atoms with E-state index in [0.29, 0.717) is 54.6 Å². The van der Waals surface area contributed by atoms with Crippen molar-refractivity contribution in [3.63, 3.8) is 0 Å². The molecule has 0 bridgehead atoms. The number of nitrogens with one attached hydrogen (secondary N) is 1. The summed E-state index contributed by atoms with van der Waals surface area (Å²) < 4.78 is 6.56. The molecule has 0 radical (unpaired) electrons. The monoisotopic (exact) mass is 605 g/mol. The van der Waals surface area contributed by atoms with E-state index in [1.165, 1.54) is 0 Å². The maximum atomic E-state index is 13.1. The Bertz CT molecular complexity index is 1500. The molecule has 0 spiro atoms. The van der Waals surface area contributed by atoms with E-state index in [0.717, 1.165) is 33.1 Å². The highest BCUT2D eigenvalue weighted by molar-refractivity contribution is 9.10. The Labute approximate surface area is 241 Å². The van der Waals surface area contributed by atoms with E-state index >= 15 is 0 Å². The smallest absolute Gasteiger partial charge is 0.256 e. The van der Waals surface area contributed by atoms with Gasteiger partial charge >= 0.3 is 0 Å². The molecular weight excluding hydrogens is 578 g/mol. The molecule has 1 aliphatic heterocycles. The first-order valence-electron chi connectivity index (χ1n) is 13.0. The summed E-state index contributed by atoms with van der Waals surface area (Å²) in [6.45, 7) is 5.24. The van der Waals surface area contributed by atoms with E-state index in [1.807, 2.05) is 77.7 Å². The highest BCUT2D eigenvalue weighted by Crippen LogP contribution is 2.31. The fourth-order valence-electron chi connectivity index (χ4n) is 4.76. The third-order valence-corrected chi connectivity index (χ3v) is 7.79. The van der Waals surface area contributed by atoms with Crippen LogP contribution in [0.25, 0.3) is 10.8 Å². The molecule has 0 unspecified atom stereocenters. The van der Waals surface area contributed by atoms with E-state index in [1.54, 1.807) is 6.07 Å². The molecule has 2 amide bonds. The summed E-state index contributed by atoms with van der Waals surface area (Å²) >= 11 is 10.2. The van der Waals surface area contributed by atoms with Gasteiger partial charge in [0, 0.05) is 47.5 Å². The molecule has 0 saturated carbocycles. The second-order valence-corrected chi connectivity index (χ2v) is 10.7. The number of hydrogen-bond acceptors (Lipinski definition) is 4. The molecule has 6 nitrogen and oxygen atoms in total. The molecule has 1 aliphatic rings. The number of anilines is 2. The fourth-order valence-corrected chi connectivity index (χ4v) is 5.55. The summed E-state index contributed by atoms with van der Waals surface area (Å²) in [5.41, 5.74) is 2.76. The third kappa shape index (κ3) is 6.05. The second kappa shape index (κ2) is 12.1. The first-order valence-corrected chi connectivity index (χ1v) is 14.2. The minimum Gasteiger partial charge on any atom is -0.494 e. The number of halogens is 2. The summed E-state index contributed by atoms with van der Waals surface area (Å²) in [4.78, 5) is 30.1. The van der Waals surface area contributed by atoms with Crippen molar-refractivity contribution in [2.45, 2.75) is 13.3 Å². The average Bonchev–Trinajstić information content (AvgIpc) is 2.96. The molecule has 200 valence electrons. The summed E-state index contributed by atoms with van der Waals surface area (Å²) in [6, 6.07) is 24.4. The zero-order valence-corrected chi connectivity index (χ0v) is 24.0. The highest BCUT2D eigenvalue weighted by Gasteiger charge is 2.24. The van der Waals surface area contributed by atoms with Crippen LogP contribution in [0.3, 0.4) is 0 Å². The predicted octanol–water partition coefficient (Wildman–Crippen LogP) is 7.26. The summed E-state index contributed by atoms with van der Waals surface area (Å²) in [7, 11) is 0. The first kappa shape index (κ1) is 27.0. The van der Waals surface area contributed by atoms with E-state index < -0.39 is 0 Å². The van der Waals surface area contributed by atoms with Gasteiger partial charge in [-0.05, 0) is 71.8 Å². The van der Waals surface area contributed by atoms with Crippen LogP contribution in [-0.4, -0.2) is 49.5 Å². The third-order valence-electron chi connectivity index (χ3n) is 6.80. The van der Waals surface area contributed by atoms with Gasteiger partial charge in [-0.1, -0.05) is 58.7 Å². The number of benzene rings is 4. The minimum absolute atomic E-state index is 0.0151. The fraction of sp³-hybridized carbons (Fsp3) is 0.226. The van der Waals surface area contributed by atoms with Crippen LogP contribution < -0.4 is 15.0 Å². The van der Waals surface area contributed by atoms with Gasteiger partial charge in [-0.15, -0.1) is 0 Å². The molecule has 0 aliphatic carbocycles. The van der Waals surface area contributed by atoms with Crippen LogP contribution in [0, 0.1) is 0 Å². The zero-order chi connectivity index (χ0) is 27.4. The van der Waals surface area contributed by atoms with Gasteiger partial charge < -0.3 is 19.9 Å². The van der Waals surface area contributed by atoms with Crippen LogP contribution in [0.1, 0.15) is 34.1 Å². The van der Waals surface area contributed by atoms with Gasteiger partial charge in [-0.3, -0.25) is 9.59 Å². The lowest BCUT2D eigenvalue weighted by atomic mass is 10.0. The largest absolute Gasteiger partial charge is 0.494 e. The van der Waals surface area contributed by atoms with Gasteiger partial charge in [-0.2, -0.15) is 0 Å². The number of amides is 2. The summed E-state index contributed by atoms with van der Waals surface area (Å²) in [6.07, 6.45) is 0.940. The Kier molecular flexibility index (Phi) is 8.38. The number of fused-ring (bicyclic) bond motifs is 1. The second-order valence-electron chi connectivity index (χ2n) is 9.41. The maximum absolute atomic E-state index is 13.1. The molecule has 0 atom stereocenters. The van der Waals surface area contributed by atoms with Gasteiger partial charge in [0.2, 0.25) is 0 Å². The molecule has 1 heterocycles. The van der Waals surface area contributed by atoms with E-state index in [2.05, 4.69) is 33.1 Å². The Morgan fingerprint density at radius 3 is 2.36 bits per heavy atom. The van der Waals surface area contributed by atoms with E-state index in [4.69, 9.17) is 16.3 Å². The maximum Gasteiger partial charge on any atom is 0.256 e. The number of carbonyl (C=O) groups excluding carboxylic acids is 2. The van der Waals surface area contributed by atoms with Gasteiger partial charge in [0.15, 0.2) is 0 Å². The van der Waals surface area contributed by atoms with Crippen molar-refractivity contribution >= 4 is 61.5 Å². The highest BCUT2D eigenvalue weighted by atomic mass is 79.9. The normalized spacial score (nSPS) is 13.4. The molecule has 4 aromatic carbocycles. The summed E-state index contributed by atoms with van der Waals surface area (Å²) in [5, 5.41) is 5.38. The quantitative estimate of drug-likeness (QED) is 0.241. The lowest BCUT2D eigenvalue weighted by Crippen LogP contribution is -2.48. The topological polar surface area (TPSA) is 61.9 Å². The number of carbonyl (C=O) groups is 2. The lowest BCUT2D eigenvalue weighted by molar-refractivity contribution is 0.0746. The zero-order valence-electron chi connectivity index (χ0n) is 21.6. The van der Waals surface area contributed by atoms with Gasteiger partial charge in [-0.25, -0.2) is 0 Å². The molecule has 1 N–H and O–H groups in total. The van der Waals surface area contributed by atoms with Gasteiger partial charge in [0.05, 0.1) is 17.3 Å². The molecule has 1 saturated heterocycles. The SMILES string of the molecule is CCCOc1ccc(C(=O)N2CCN(c3ccc(NC(=O)c4cccc5c(Br)cccc45)cc3Cl)CC2)cc1. The van der Waals surface area contributed by atoms with Crippen LogP contribution in [0.2, 0.25) is 5.02 Å². The number of ether oxygens (including phenoxy) is 1. The van der Waals surface area contributed by atoms with Crippen LogP contribution in [0.15, 0.2) is 83.3 Å². The predicted molar refractivity (Wildman–Crippen MR) is 161 cm³/mol. The Hall–Kier alpha value is -3.55. The number of rotatable bonds is 7. The number of hydrogen-bond donors (Lipinski definition) is 1. The molecular formula is C31H29BrClN3O3. The summed E-state index contributed by atoms with van der Waals surface area (Å²) in [5.74, 6) is 0.596. The Morgan fingerprint density at radius 2 is 1.64 bits per heavy atom. The molecule has 5 rings (SSSR count). The first-order chi connectivity index (χ1) is 18.9. The number of nitrogens with zero attached hydrogens (tertiary/aromatic N) is 2. The molecule has 8 heteroatoms. The van der Waals surface area contributed by atoms with Crippen molar-refractivity contribution in [2.24, 2.45) is 0 Å². The van der Waals surface area contributed by atoms with Crippen molar-refractivity contribution in [3.8, 4) is 5.75 Å². The van der Waals surface area contributed by atoms with Crippen LogP contribution in [-0.2, 0) is 0 Å². The molecule has 1 fully saturated rings. The number of piperazine rings is 1. The van der Waals surface area contributed by atoms with Crippen molar-refractivity contribution in [3.05, 3.63) is 99.5 Å². The molecule has 39 heavy (non-hydrogen) atoms. The van der Waals surface area contributed by atoms with Crippen LogP contribution >= 0.6 is 27.5 Å². The van der Waals surface area contributed by atoms with Crippen molar-refractivity contribution in [1.82, 2.24) is 4.90 Å². The van der Waals surface area contributed by atoms with Crippen molar-refractivity contribution in [2.75, 3.05) is 43.0 Å². The lowest BCUT2D eigenvalue weighted by Gasteiger charge is -2.36. The van der Waals surface area contributed by atoms with Gasteiger partial charge in [0.25, 0.3) is 11.8 Å². The average molecular weight is 607 g/mol. The van der Waals surface area contributed by atoms with Crippen molar-refractivity contribution in [1.29, 1.82) is 0 Å². The van der Waals surface area contributed by atoms with Crippen molar-refractivity contribution < 1.29 is 14.3 Å². The molecule has 4 aromatic rings. The van der Waals surface area contributed by atoms with E-state index in [-0.39, 0.29) is 11.8 Å². The van der Waals surface area contributed by atoms with E-state index in [9.17, 15) is 9.59 Å². The standard InChI is InChI=1S/C31H29BrClN3O3/c1-2-19-39-23-12-9-21(10-13-23)31(38)36-17-15-35(16-18-36)29-14-11-22(20-28(29)33)34-30(37)26-7-3-6-25-24(26)5-4-8-27(25)32/h3-14,20H,2,15-19H2,1H3,(H,34,37). The van der Waals surface area contributed by atoms with Crippen LogP contribution in [0.5, 0.6) is 5.75 Å². The van der Waals surface area contributed by atoms with Crippen LogP contribution in [0.4, 0.5) is 11.4 Å². The van der Waals surface area contributed by atoms with Gasteiger partial charge in [0.1, 0.15) is 5.75 Å².